The molecule has 114 valence electrons. The summed E-state index contributed by atoms with van der Waals surface area (Å²) in [4.78, 5) is 26.1. The van der Waals surface area contributed by atoms with Crippen LogP contribution in [0.2, 0.25) is 0 Å². The predicted octanol–water partition coefficient (Wildman–Crippen LogP) is 2.25. The van der Waals surface area contributed by atoms with Crippen molar-refractivity contribution in [1.82, 2.24) is 14.7 Å². The molecule has 0 unspecified atom stereocenters. The molecule has 0 aromatic carbocycles. The Morgan fingerprint density at radius 2 is 2.10 bits per heavy atom. The highest BCUT2D eigenvalue weighted by Crippen LogP contribution is 2.34. The first-order valence-corrected chi connectivity index (χ1v) is 7.25. The molecule has 21 heavy (non-hydrogen) atoms. The van der Waals surface area contributed by atoms with Gasteiger partial charge < -0.3 is 4.90 Å². The number of hydrogen-bond acceptors (Lipinski definition) is 3. The Kier molecular flexibility index (Phi) is 3.73. The number of fused-ring (bicyclic) bond motifs is 1. The van der Waals surface area contributed by atoms with Crippen LogP contribution in [0.3, 0.4) is 0 Å². The molecule has 2 aliphatic rings. The van der Waals surface area contributed by atoms with Crippen molar-refractivity contribution in [2.24, 2.45) is 5.92 Å². The van der Waals surface area contributed by atoms with E-state index in [0.717, 1.165) is 25.7 Å². The van der Waals surface area contributed by atoms with Crippen molar-refractivity contribution in [2.75, 3.05) is 6.54 Å². The van der Waals surface area contributed by atoms with E-state index in [1.807, 2.05) is 0 Å². The fourth-order valence-corrected chi connectivity index (χ4v) is 3.48. The van der Waals surface area contributed by atoms with Crippen molar-refractivity contribution in [3.05, 3.63) is 18.0 Å². The highest BCUT2D eigenvalue weighted by atomic mass is 19.3. The maximum absolute atomic E-state index is 12.9. The lowest BCUT2D eigenvalue weighted by atomic mass is 9.77. The predicted molar refractivity (Wildman–Crippen MR) is 69.9 cm³/mol. The summed E-state index contributed by atoms with van der Waals surface area (Å²) in [6.07, 6.45) is 5.03. The molecule has 5 nitrogen and oxygen atoms in total. The number of Topliss-reactive ketones (excluding diaryl/α,β-unsaturated/α-hetero) is 1. The van der Waals surface area contributed by atoms with Gasteiger partial charge >= 0.3 is 6.55 Å². The Balaban J connectivity index is 1.86. The Morgan fingerprint density at radius 3 is 2.86 bits per heavy atom. The molecule has 0 bridgehead atoms. The van der Waals surface area contributed by atoms with Crippen molar-refractivity contribution in [3.63, 3.8) is 0 Å². The SMILES string of the molecule is O=C1CCN(C(=O)c2ccnn2C(F)F)[C@@H]2CCCC[C@H]12. The lowest BCUT2D eigenvalue weighted by molar-refractivity contribution is -0.129. The number of carbonyl (C=O) groups is 2. The third-order valence-electron chi connectivity index (χ3n) is 4.48. The summed E-state index contributed by atoms with van der Waals surface area (Å²) < 4.78 is 26.2. The molecular weight excluding hydrogens is 280 g/mol. The van der Waals surface area contributed by atoms with Gasteiger partial charge in [-0.05, 0) is 18.9 Å². The summed E-state index contributed by atoms with van der Waals surface area (Å²) in [7, 11) is 0. The molecule has 7 heteroatoms. The molecule has 1 aromatic rings. The van der Waals surface area contributed by atoms with Gasteiger partial charge in [-0.15, -0.1) is 0 Å². The van der Waals surface area contributed by atoms with Crippen molar-refractivity contribution in [2.45, 2.75) is 44.7 Å². The number of piperidine rings is 1. The van der Waals surface area contributed by atoms with Gasteiger partial charge in [0.1, 0.15) is 11.5 Å². The fraction of sp³-hybridized carbons (Fsp3) is 0.643. The molecular formula is C14H17F2N3O2. The number of amides is 1. The molecule has 1 amide bonds. The monoisotopic (exact) mass is 297 g/mol. The van der Waals surface area contributed by atoms with Crippen LogP contribution >= 0.6 is 0 Å². The van der Waals surface area contributed by atoms with E-state index in [9.17, 15) is 18.4 Å². The number of likely N-dealkylation sites (tertiary alicyclic amines) is 1. The molecule has 0 spiro atoms. The summed E-state index contributed by atoms with van der Waals surface area (Å²) in [5.41, 5.74) is -0.108. The van der Waals surface area contributed by atoms with Crippen LogP contribution in [0.15, 0.2) is 12.3 Å². The van der Waals surface area contributed by atoms with Gasteiger partial charge in [0.2, 0.25) is 0 Å². The number of carbonyl (C=O) groups excluding carboxylic acids is 2. The maximum atomic E-state index is 12.9. The number of rotatable bonds is 2. The molecule has 2 heterocycles. The molecule has 1 aromatic heterocycles. The Morgan fingerprint density at radius 1 is 1.33 bits per heavy atom. The van der Waals surface area contributed by atoms with Crippen LogP contribution in [0.25, 0.3) is 0 Å². The van der Waals surface area contributed by atoms with Gasteiger partial charge in [0, 0.05) is 31.1 Å². The molecule has 1 aliphatic carbocycles. The van der Waals surface area contributed by atoms with Crippen molar-refractivity contribution in [1.29, 1.82) is 0 Å². The first-order valence-electron chi connectivity index (χ1n) is 7.25. The van der Waals surface area contributed by atoms with E-state index in [4.69, 9.17) is 0 Å². The number of nitrogens with zero attached hydrogens (tertiary/aromatic N) is 3. The minimum atomic E-state index is -2.84. The number of ketones is 1. The van der Waals surface area contributed by atoms with E-state index in [0.29, 0.717) is 17.6 Å². The van der Waals surface area contributed by atoms with Gasteiger partial charge in [0.25, 0.3) is 5.91 Å². The quantitative estimate of drug-likeness (QED) is 0.841. The van der Waals surface area contributed by atoms with E-state index in [1.165, 1.54) is 12.3 Å². The van der Waals surface area contributed by atoms with E-state index < -0.39 is 12.5 Å². The van der Waals surface area contributed by atoms with Crippen molar-refractivity contribution >= 4 is 11.7 Å². The third-order valence-corrected chi connectivity index (χ3v) is 4.48. The smallest absolute Gasteiger partial charge is 0.333 e. The highest BCUT2D eigenvalue weighted by molar-refractivity contribution is 5.94. The summed E-state index contributed by atoms with van der Waals surface area (Å²) in [6.45, 7) is -2.53. The zero-order valence-corrected chi connectivity index (χ0v) is 11.5. The summed E-state index contributed by atoms with van der Waals surface area (Å²) >= 11 is 0. The number of halogens is 2. The molecule has 0 N–H and O–H groups in total. The van der Waals surface area contributed by atoms with Crippen LogP contribution in [0, 0.1) is 5.92 Å². The molecule has 1 saturated carbocycles. The maximum Gasteiger partial charge on any atom is 0.333 e. The average molecular weight is 297 g/mol. The Bertz CT molecular complexity index is 558. The Labute approximate surface area is 120 Å². The highest BCUT2D eigenvalue weighted by Gasteiger charge is 2.41. The summed E-state index contributed by atoms with van der Waals surface area (Å²) in [6, 6.07) is 1.16. The number of aromatic nitrogens is 2. The second kappa shape index (κ2) is 5.54. The van der Waals surface area contributed by atoms with Crippen molar-refractivity contribution < 1.29 is 18.4 Å². The van der Waals surface area contributed by atoms with E-state index in [1.54, 1.807) is 4.90 Å². The zero-order chi connectivity index (χ0) is 15.0. The molecule has 1 saturated heterocycles. The zero-order valence-electron chi connectivity index (χ0n) is 11.5. The van der Waals surface area contributed by atoms with Gasteiger partial charge in [-0.3, -0.25) is 9.59 Å². The van der Waals surface area contributed by atoms with Gasteiger partial charge in [-0.2, -0.15) is 18.6 Å². The second-order valence-corrected chi connectivity index (χ2v) is 5.61. The van der Waals surface area contributed by atoms with Gasteiger partial charge in [-0.25, -0.2) is 0 Å². The van der Waals surface area contributed by atoms with Gasteiger partial charge in [0.05, 0.1) is 0 Å². The average Bonchev–Trinajstić information content (AvgIpc) is 2.97. The van der Waals surface area contributed by atoms with E-state index >= 15 is 0 Å². The standard InChI is InChI=1S/C14H17F2N3O2/c15-14(16)19-11(5-7-17-19)13(21)18-8-6-12(20)9-3-1-2-4-10(9)18/h5,7,9-10,14H,1-4,6,8H2/t9-,10+/m0/s1. The Hall–Kier alpha value is -1.79. The van der Waals surface area contributed by atoms with Crippen LogP contribution in [-0.4, -0.2) is 39.0 Å². The normalized spacial score (nSPS) is 26.0. The largest absolute Gasteiger partial charge is 0.333 e. The third kappa shape index (κ3) is 2.45. The minimum Gasteiger partial charge on any atom is -0.333 e. The molecule has 3 rings (SSSR count). The number of hydrogen-bond donors (Lipinski definition) is 0. The van der Waals surface area contributed by atoms with E-state index in [-0.39, 0.29) is 23.4 Å². The first-order chi connectivity index (χ1) is 10.1. The molecule has 1 aliphatic heterocycles. The minimum absolute atomic E-state index is 0.108. The molecule has 2 fully saturated rings. The van der Waals surface area contributed by atoms with Crippen molar-refractivity contribution in [3.8, 4) is 0 Å². The topological polar surface area (TPSA) is 55.2 Å². The van der Waals surface area contributed by atoms with Gasteiger partial charge in [0.15, 0.2) is 0 Å². The first kappa shape index (κ1) is 14.2. The van der Waals surface area contributed by atoms with Crippen LogP contribution < -0.4 is 0 Å². The summed E-state index contributed by atoms with van der Waals surface area (Å²) in [5.74, 6) is -0.373. The fourth-order valence-electron chi connectivity index (χ4n) is 3.48. The molecule has 0 radical (unpaired) electrons. The van der Waals surface area contributed by atoms with Gasteiger partial charge in [-0.1, -0.05) is 12.8 Å². The van der Waals surface area contributed by atoms with E-state index in [2.05, 4.69) is 5.10 Å². The number of alkyl halides is 2. The van der Waals surface area contributed by atoms with Crippen LogP contribution in [0.4, 0.5) is 8.78 Å². The summed E-state index contributed by atoms with van der Waals surface area (Å²) in [5, 5.41) is 3.50. The lowest BCUT2D eigenvalue weighted by Crippen LogP contribution is -2.53. The van der Waals surface area contributed by atoms with Crippen LogP contribution in [0.5, 0.6) is 0 Å². The van der Waals surface area contributed by atoms with Crippen LogP contribution in [-0.2, 0) is 4.79 Å². The second-order valence-electron chi connectivity index (χ2n) is 5.61. The lowest BCUT2D eigenvalue weighted by Gasteiger charge is -2.43. The molecule has 2 atom stereocenters. The van der Waals surface area contributed by atoms with Crippen LogP contribution in [0.1, 0.15) is 49.1 Å².